The number of ether oxygens (including phenoxy) is 1. The lowest BCUT2D eigenvalue weighted by Gasteiger charge is -2.28. The largest absolute Gasteiger partial charge is 0.383 e. The van der Waals surface area contributed by atoms with Crippen LogP contribution >= 0.6 is 0 Å². The van der Waals surface area contributed by atoms with Gasteiger partial charge in [-0.15, -0.1) is 0 Å². The van der Waals surface area contributed by atoms with Gasteiger partial charge in [-0.25, -0.2) is 0 Å². The third-order valence-electron chi connectivity index (χ3n) is 1.80. The average molecular weight is 173 g/mol. The van der Waals surface area contributed by atoms with E-state index in [0.29, 0.717) is 12.6 Å². The summed E-state index contributed by atoms with van der Waals surface area (Å²) in [6.07, 6.45) is 0. The SMILES string of the molecule is CCN(C(N)=NC)C(C)COC. The van der Waals surface area contributed by atoms with Crippen LogP contribution < -0.4 is 5.73 Å². The molecule has 0 aromatic heterocycles. The van der Waals surface area contributed by atoms with Crippen molar-refractivity contribution in [3.05, 3.63) is 0 Å². The van der Waals surface area contributed by atoms with Crippen molar-refractivity contribution in [2.24, 2.45) is 10.7 Å². The third-order valence-corrected chi connectivity index (χ3v) is 1.80. The lowest BCUT2D eigenvalue weighted by atomic mass is 10.3. The Morgan fingerprint density at radius 2 is 2.25 bits per heavy atom. The summed E-state index contributed by atoms with van der Waals surface area (Å²) in [5.41, 5.74) is 5.68. The summed E-state index contributed by atoms with van der Waals surface area (Å²) in [7, 11) is 3.38. The fourth-order valence-corrected chi connectivity index (χ4v) is 1.16. The predicted octanol–water partition coefficient (Wildman–Crippen LogP) is 0.288. The van der Waals surface area contributed by atoms with Gasteiger partial charge in [-0.2, -0.15) is 0 Å². The summed E-state index contributed by atoms with van der Waals surface area (Å²) in [5, 5.41) is 0. The highest BCUT2D eigenvalue weighted by Crippen LogP contribution is 1.98. The minimum atomic E-state index is 0.281. The van der Waals surface area contributed by atoms with E-state index in [1.807, 2.05) is 11.8 Å². The molecule has 4 nitrogen and oxygen atoms in total. The summed E-state index contributed by atoms with van der Waals surface area (Å²) in [6.45, 7) is 5.63. The monoisotopic (exact) mass is 173 g/mol. The van der Waals surface area contributed by atoms with Gasteiger partial charge in [0.25, 0.3) is 0 Å². The zero-order chi connectivity index (χ0) is 9.56. The summed E-state index contributed by atoms with van der Waals surface area (Å²) in [6, 6.07) is 0.281. The van der Waals surface area contributed by atoms with Gasteiger partial charge < -0.3 is 15.4 Å². The third kappa shape index (κ3) is 3.09. The molecule has 0 saturated heterocycles. The molecule has 0 heterocycles. The first-order valence-corrected chi connectivity index (χ1v) is 4.15. The van der Waals surface area contributed by atoms with Gasteiger partial charge in [0.1, 0.15) is 0 Å². The van der Waals surface area contributed by atoms with Crippen LogP contribution in [0.15, 0.2) is 4.99 Å². The molecule has 0 bridgehead atoms. The van der Waals surface area contributed by atoms with Crippen LogP contribution in [0.2, 0.25) is 0 Å². The molecule has 0 aliphatic heterocycles. The van der Waals surface area contributed by atoms with Crippen molar-refractivity contribution in [2.75, 3.05) is 27.3 Å². The maximum Gasteiger partial charge on any atom is 0.191 e. The second kappa shape index (κ2) is 5.83. The highest BCUT2D eigenvalue weighted by molar-refractivity contribution is 5.78. The Morgan fingerprint density at radius 3 is 2.58 bits per heavy atom. The molecule has 0 rings (SSSR count). The molecule has 4 heteroatoms. The van der Waals surface area contributed by atoms with E-state index in [4.69, 9.17) is 10.5 Å². The summed E-state index contributed by atoms with van der Waals surface area (Å²) in [5.74, 6) is 0.571. The van der Waals surface area contributed by atoms with Crippen LogP contribution in [0.25, 0.3) is 0 Å². The number of nitrogens with two attached hydrogens (primary N) is 1. The molecule has 0 saturated carbocycles. The Balaban J connectivity index is 4.13. The predicted molar refractivity (Wildman–Crippen MR) is 51.3 cm³/mol. The Hall–Kier alpha value is -0.770. The molecule has 0 fully saturated rings. The summed E-state index contributed by atoms with van der Waals surface area (Å²) in [4.78, 5) is 5.93. The van der Waals surface area contributed by atoms with Crippen LogP contribution in [0, 0.1) is 0 Å². The molecule has 0 aromatic carbocycles. The fraction of sp³-hybridized carbons (Fsp3) is 0.875. The number of hydrogen-bond acceptors (Lipinski definition) is 2. The van der Waals surface area contributed by atoms with Crippen molar-refractivity contribution in [1.29, 1.82) is 0 Å². The molecule has 0 spiro atoms. The zero-order valence-electron chi connectivity index (χ0n) is 8.37. The molecule has 0 amide bonds. The quantitative estimate of drug-likeness (QED) is 0.491. The van der Waals surface area contributed by atoms with E-state index in [2.05, 4.69) is 11.9 Å². The molecule has 0 aliphatic carbocycles. The van der Waals surface area contributed by atoms with Gasteiger partial charge in [-0.1, -0.05) is 0 Å². The molecule has 2 N–H and O–H groups in total. The number of guanidine groups is 1. The maximum atomic E-state index is 5.68. The number of rotatable bonds is 4. The lowest BCUT2D eigenvalue weighted by molar-refractivity contribution is 0.137. The van der Waals surface area contributed by atoms with Crippen molar-refractivity contribution in [1.82, 2.24) is 4.90 Å². The van der Waals surface area contributed by atoms with Gasteiger partial charge in [-0.05, 0) is 13.8 Å². The highest BCUT2D eigenvalue weighted by atomic mass is 16.5. The molecule has 0 aliphatic rings. The molecular formula is C8H19N3O. The van der Waals surface area contributed by atoms with Crippen molar-refractivity contribution in [3.8, 4) is 0 Å². The van der Waals surface area contributed by atoms with E-state index >= 15 is 0 Å². The minimum Gasteiger partial charge on any atom is -0.383 e. The molecule has 0 radical (unpaired) electrons. The minimum absolute atomic E-state index is 0.281. The van der Waals surface area contributed by atoms with Crippen LogP contribution in [0.5, 0.6) is 0 Å². The first kappa shape index (κ1) is 11.2. The van der Waals surface area contributed by atoms with Gasteiger partial charge >= 0.3 is 0 Å². The van der Waals surface area contributed by atoms with E-state index < -0.39 is 0 Å². The van der Waals surface area contributed by atoms with E-state index in [0.717, 1.165) is 6.54 Å². The molecule has 72 valence electrons. The Morgan fingerprint density at radius 1 is 1.67 bits per heavy atom. The van der Waals surface area contributed by atoms with E-state index in [1.165, 1.54) is 0 Å². The highest BCUT2D eigenvalue weighted by Gasteiger charge is 2.12. The smallest absolute Gasteiger partial charge is 0.191 e. The van der Waals surface area contributed by atoms with E-state index in [-0.39, 0.29) is 6.04 Å². The Labute approximate surface area is 74.4 Å². The number of aliphatic imine (C=N–C) groups is 1. The van der Waals surface area contributed by atoms with Crippen LogP contribution in [0.1, 0.15) is 13.8 Å². The normalized spacial score (nSPS) is 14.5. The number of hydrogen-bond donors (Lipinski definition) is 1. The van der Waals surface area contributed by atoms with Crippen molar-refractivity contribution >= 4 is 5.96 Å². The number of methoxy groups -OCH3 is 1. The van der Waals surface area contributed by atoms with Gasteiger partial charge in [-0.3, -0.25) is 4.99 Å². The van der Waals surface area contributed by atoms with Crippen LogP contribution in [-0.2, 0) is 4.74 Å². The lowest BCUT2D eigenvalue weighted by Crippen LogP contribution is -2.45. The first-order valence-electron chi connectivity index (χ1n) is 4.15. The second-order valence-electron chi connectivity index (χ2n) is 2.67. The van der Waals surface area contributed by atoms with Gasteiger partial charge in [0.2, 0.25) is 0 Å². The second-order valence-corrected chi connectivity index (χ2v) is 2.67. The molecule has 1 atom stereocenters. The molecule has 12 heavy (non-hydrogen) atoms. The topological polar surface area (TPSA) is 50.8 Å². The summed E-state index contributed by atoms with van der Waals surface area (Å²) < 4.78 is 5.03. The Kier molecular flexibility index (Phi) is 5.45. The van der Waals surface area contributed by atoms with E-state index in [1.54, 1.807) is 14.2 Å². The molecule has 0 aromatic rings. The maximum absolute atomic E-state index is 5.68. The number of likely N-dealkylation sites (N-methyl/N-ethyl adjacent to an activating group) is 1. The van der Waals surface area contributed by atoms with Crippen molar-refractivity contribution in [2.45, 2.75) is 19.9 Å². The van der Waals surface area contributed by atoms with Gasteiger partial charge in [0.05, 0.1) is 12.6 Å². The number of nitrogens with zero attached hydrogens (tertiary/aromatic N) is 2. The van der Waals surface area contributed by atoms with Crippen molar-refractivity contribution < 1.29 is 4.74 Å². The molecular weight excluding hydrogens is 154 g/mol. The summed E-state index contributed by atoms with van der Waals surface area (Å²) >= 11 is 0. The standard InChI is InChI=1S/C8H19N3O/c1-5-11(8(9)10-3)7(2)6-12-4/h7H,5-6H2,1-4H3,(H2,9,10). The first-order chi connectivity index (χ1) is 5.67. The zero-order valence-corrected chi connectivity index (χ0v) is 8.37. The molecule has 1 unspecified atom stereocenters. The van der Waals surface area contributed by atoms with Gasteiger partial charge in [0, 0.05) is 20.7 Å². The Bertz CT molecular complexity index is 147. The van der Waals surface area contributed by atoms with Crippen LogP contribution in [0.3, 0.4) is 0 Å². The average Bonchev–Trinajstić information content (AvgIpc) is 2.06. The fourth-order valence-electron chi connectivity index (χ4n) is 1.16. The van der Waals surface area contributed by atoms with Gasteiger partial charge in [0.15, 0.2) is 5.96 Å². The van der Waals surface area contributed by atoms with Crippen LogP contribution in [0.4, 0.5) is 0 Å². The van der Waals surface area contributed by atoms with E-state index in [9.17, 15) is 0 Å². The van der Waals surface area contributed by atoms with Crippen LogP contribution in [-0.4, -0.2) is 44.2 Å². The van der Waals surface area contributed by atoms with Crippen molar-refractivity contribution in [3.63, 3.8) is 0 Å².